The average molecular weight is 481 g/mol. The highest BCUT2D eigenvalue weighted by Crippen LogP contribution is 2.63. The Labute approximate surface area is 207 Å². The van der Waals surface area contributed by atoms with Gasteiger partial charge in [-0.1, -0.05) is 55.2 Å². The zero-order valence-electron chi connectivity index (χ0n) is 20.7. The molecule has 2 bridgehead atoms. The molecule has 2 heterocycles. The molecule has 2 saturated heterocycles. The van der Waals surface area contributed by atoms with E-state index in [4.69, 9.17) is 14.2 Å². The van der Waals surface area contributed by atoms with Gasteiger partial charge in [0.2, 0.25) is 0 Å². The second-order valence-corrected chi connectivity index (χ2v) is 10.8. The number of benzene rings is 1. The SMILES string of the molecule is CC1=C2[C@@H](CC1)[C@]1(C)O[C@@](C3CCCCC3)(C[C@H]1OC(=O)CO)[C@H]2OC(=O)/C=C/c1ccccc1. The van der Waals surface area contributed by atoms with E-state index < -0.39 is 36.0 Å². The van der Waals surface area contributed by atoms with Crippen LogP contribution in [0.3, 0.4) is 0 Å². The molecule has 1 N–H and O–H groups in total. The summed E-state index contributed by atoms with van der Waals surface area (Å²) in [6, 6.07) is 9.69. The van der Waals surface area contributed by atoms with Gasteiger partial charge in [0.15, 0.2) is 6.10 Å². The predicted molar refractivity (Wildman–Crippen MR) is 131 cm³/mol. The number of rotatable bonds is 6. The second kappa shape index (κ2) is 9.55. The molecular formula is C29H36O6. The normalized spacial score (nSPS) is 34.8. The van der Waals surface area contributed by atoms with Crippen LogP contribution in [-0.4, -0.2) is 47.1 Å². The molecule has 3 fully saturated rings. The number of fused-ring (bicyclic) bond motifs is 4. The van der Waals surface area contributed by atoms with Crippen LogP contribution in [0.4, 0.5) is 0 Å². The van der Waals surface area contributed by atoms with E-state index in [-0.39, 0.29) is 17.8 Å². The molecule has 0 unspecified atom stereocenters. The maximum absolute atomic E-state index is 13.2. The minimum Gasteiger partial charge on any atom is -0.457 e. The lowest BCUT2D eigenvalue weighted by molar-refractivity contribution is -0.229. The minimum absolute atomic E-state index is 0.00844. The smallest absolute Gasteiger partial charge is 0.332 e. The van der Waals surface area contributed by atoms with Crippen molar-refractivity contribution < 1.29 is 28.9 Å². The van der Waals surface area contributed by atoms with Crippen LogP contribution in [-0.2, 0) is 23.8 Å². The third-order valence-electron chi connectivity index (χ3n) is 8.79. The topological polar surface area (TPSA) is 82.1 Å². The van der Waals surface area contributed by atoms with Gasteiger partial charge in [-0.05, 0) is 62.7 Å². The standard InChI is InChI=1S/C29H36O6/c1-19-13-15-22-26(19)27(34-24(31)16-14-20-9-5-3-6-10-20)29(21-11-7-4-8-12-21)17-23(28(22,2)35-29)33-25(32)18-30/h3,5-6,9-10,14,16,21-23,27,30H,4,7-8,11-13,15,17-18H2,1-2H3/b16-14+/t22-,23-,27+,28+,29-/m1/s1. The number of allylic oxidation sites excluding steroid dienone is 1. The summed E-state index contributed by atoms with van der Waals surface area (Å²) in [6.07, 6.45) is 9.97. The second-order valence-electron chi connectivity index (χ2n) is 10.8. The highest BCUT2D eigenvalue weighted by atomic mass is 16.6. The van der Waals surface area contributed by atoms with Gasteiger partial charge < -0.3 is 19.3 Å². The molecule has 5 rings (SSSR count). The number of carbonyl (C=O) groups is 2. The van der Waals surface area contributed by atoms with Gasteiger partial charge in [0.1, 0.15) is 23.9 Å². The lowest BCUT2D eigenvalue weighted by Crippen LogP contribution is -2.59. The fourth-order valence-corrected chi connectivity index (χ4v) is 7.15. The van der Waals surface area contributed by atoms with Crippen molar-refractivity contribution in [1.82, 2.24) is 0 Å². The van der Waals surface area contributed by atoms with Gasteiger partial charge in [0, 0.05) is 18.4 Å². The highest BCUT2D eigenvalue weighted by Gasteiger charge is 2.71. The van der Waals surface area contributed by atoms with Gasteiger partial charge in [-0.2, -0.15) is 0 Å². The summed E-state index contributed by atoms with van der Waals surface area (Å²) in [7, 11) is 0. The van der Waals surface area contributed by atoms with Crippen molar-refractivity contribution in [2.45, 2.75) is 88.6 Å². The Hall–Kier alpha value is -2.44. The van der Waals surface area contributed by atoms with Crippen molar-refractivity contribution in [3.05, 3.63) is 53.1 Å². The Morgan fingerprint density at radius 2 is 1.86 bits per heavy atom. The minimum atomic E-state index is -0.733. The molecule has 0 amide bonds. The van der Waals surface area contributed by atoms with Crippen molar-refractivity contribution in [1.29, 1.82) is 0 Å². The van der Waals surface area contributed by atoms with E-state index in [2.05, 4.69) is 6.92 Å². The van der Waals surface area contributed by atoms with Gasteiger partial charge in [0.05, 0.1) is 0 Å². The molecule has 4 aliphatic rings. The molecule has 6 nitrogen and oxygen atoms in total. The van der Waals surface area contributed by atoms with Crippen LogP contribution in [0.1, 0.15) is 70.8 Å². The lowest BCUT2D eigenvalue weighted by atomic mass is 9.69. The van der Waals surface area contributed by atoms with Gasteiger partial charge in [-0.3, -0.25) is 0 Å². The Morgan fingerprint density at radius 1 is 1.11 bits per heavy atom. The van der Waals surface area contributed by atoms with Crippen molar-refractivity contribution in [3.8, 4) is 0 Å². The molecule has 0 radical (unpaired) electrons. The fraction of sp³-hybridized carbons (Fsp3) is 0.586. The van der Waals surface area contributed by atoms with Crippen molar-refractivity contribution in [3.63, 3.8) is 0 Å². The quantitative estimate of drug-likeness (QED) is 0.359. The number of ether oxygens (including phenoxy) is 3. The van der Waals surface area contributed by atoms with E-state index in [1.807, 2.05) is 37.3 Å². The largest absolute Gasteiger partial charge is 0.457 e. The van der Waals surface area contributed by atoms with Crippen LogP contribution >= 0.6 is 0 Å². The van der Waals surface area contributed by atoms with Gasteiger partial charge in [0.25, 0.3) is 0 Å². The predicted octanol–water partition coefficient (Wildman–Crippen LogP) is 4.75. The number of hydrogen-bond donors (Lipinski definition) is 1. The molecular weight excluding hydrogens is 444 g/mol. The summed E-state index contributed by atoms with van der Waals surface area (Å²) in [5.41, 5.74) is 1.92. The summed E-state index contributed by atoms with van der Waals surface area (Å²) < 4.78 is 19.1. The first-order chi connectivity index (χ1) is 16.9. The average Bonchev–Trinajstić information content (AvgIpc) is 3.39. The third kappa shape index (κ3) is 4.25. The van der Waals surface area contributed by atoms with Crippen LogP contribution in [0.2, 0.25) is 0 Å². The van der Waals surface area contributed by atoms with E-state index in [0.29, 0.717) is 6.42 Å². The summed E-state index contributed by atoms with van der Waals surface area (Å²) in [5, 5.41) is 9.38. The Morgan fingerprint density at radius 3 is 2.57 bits per heavy atom. The molecule has 1 saturated carbocycles. The summed E-state index contributed by atoms with van der Waals surface area (Å²) in [5.74, 6) is -0.797. The first-order valence-electron chi connectivity index (χ1n) is 13.0. The fourth-order valence-electron chi connectivity index (χ4n) is 7.15. The number of carbonyl (C=O) groups excluding carboxylic acids is 2. The molecule has 2 aliphatic carbocycles. The lowest BCUT2D eigenvalue weighted by Gasteiger charge is -2.52. The molecule has 1 aromatic rings. The number of hydrogen-bond acceptors (Lipinski definition) is 6. The maximum Gasteiger partial charge on any atom is 0.332 e. The molecule has 0 aromatic heterocycles. The van der Waals surface area contributed by atoms with Crippen LogP contribution in [0.15, 0.2) is 47.6 Å². The monoisotopic (exact) mass is 480 g/mol. The van der Waals surface area contributed by atoms with E-state index in [1.165, 1.54) is 18.1 Å². The molecule has 5 atom stereocenters. The Bertz CT molecular complexity index is 1020. The van der Waals surface area contributed by atoms with E-state index in [9.17, 15) is 14.7 Å². The third-order valence-corrected chi connectivity index (χ3v) is 8.79. The summed E-state index contributed by atoms with van der Waals surface area (Å²) in [6.45, 7) is 3.52. The van der Waals surface area contributed by atoms with Gasteiger partial charge in [-0.15, -0.1) is 0 Å². The molecule has 6 heteroatoms. The molecule has 2 aliphatic heterocycles. The molecule has 188 valence electrons. The van der Waals surface area contributed by atoms with Gasteiger partial charge in [-0.25, -0.2) is 9.59 Å². The summed E-state index contributed by atoms with van der Waals surface area (Å²) in [4.78, 5) is 25.3. The van der Waals surface area contributed by atoms with Crippen molar-refractivity contribution >= 4 is 18.0 Å². The van der Waals surface area contributed by atoms with Crippen molar-refractivity contribution in [2.75, 3.05) is 6.61 Å². The molecule has 35 heavy (non-hydrogen) atoms. The number of aliphatic hydroxyl groups is 1. The van der Waals surface area contributed by atoms with Crippen LogP contribution in [0.5, 0.6) is 0 Å². The molecule has 1 aromatic carbocycles. The van der Waals surface area contributed by atoms with E-state index >= 15 is 0 Å². The number of aliphatic hydroxyl groups excluding tert-OH is 1. The highest BCUT2D eigenvalue weighted by molar-refractivity contribution is 5.87. The first kappa shape index (κ1) is 24.3. The van der Waals surface area contributed by atoms with Gasteiger partial charge >= 0.3 is 11.9 Å². The van der Waals surface area contributed by atoms with Crippen LogP contribution in [0.25, 0.3) is 6.08 Å². The number of esters is 2. The first-order valence-corrected chi connectivity index (χ1v) is 13.0. The van der Waals surface area contributed by atoms with E-state index in [0.717, 1.165) is 49.7 Å². The Kier molecular flexibility index (Phi) is 6.62. The van der Waals surface area contributed by atoms with Crippen LogP contribution < -0.4 is 0 Å². The van der Waals surface area contributed by atoms with E-state index in [1.54, 1.807) is 6.08 Å². The van der Waals surface area contributed by atoms with Crippen LogP contribution in [0, 0.1) is 11.8 Å². The van der Waals surface area contributed by atoms with Crippen molar-refractivity contribution in [2.24, 2.45) is 11.8 Å². The maximum atomic E-state index is 13.2. The zero-order chi connectivity index (χ0) is 24.6. The Balaban J connectivity index is 1.52. The zero-order valence-corrected chi connectivity index (χ0v) is 20.7. The molecule has 0 spiro atoms. The summed E-state index contributed by atoms with van der Waals surface area (Å²) >= 11 is 0.